The van der Waals surface area contributed by atoms with Gasteiger partial charge < -0.3 is 0 Å². The Morgan fingerprint density at radius 3 is 2.79 bits per heavy atom. The van der Waals surface area contributed by atoms with E-state index >= 15 is 0 Å². The van der Waals surface area contributed by atoms with Crippen LogP contribution in [0, 0.1) is 28.6 Å². The van der Waals surface area contributed by atoms with E-state index in [0.29, 0.717) is 30.0 Å². The van der Waals surface area contributed by atoms with Crippen LogP contribution in [0.15, 0.2) is 28.9 Å². The van der Waals surface area contributed by atoms with Gasteiger partial charge in [0.1, 0.15) is 5.78 Å². The highest BCUT2D eigenvalue weighted by Gasteiger charge is 2.59. The van der Waals surface area contributed by atoms with E-state index in [1.807, 2.05) is 6.08 Å². The van der Waals surface area contributed by atoms with Gasteiger partial charge in [0.05, 0.1) is 6.04 Å². The summed E-state index contributed by atoms with van der Waals surface area (Å²) in [6, 6.07) is -0.270. The van der Waals surface area contributed by atoms with E-state index in [-0.39, 0.29) is 22.7 Å². The zero-order chi connectivity index (χ0) is 17.1. The maximum atomic E-state index is 12.5. The molecule has 6 atom stereocenters. The zero-order valence-electron chi connectivity index (χ0n) is 14.2. The number of rotatable bonds is 1. The second kappa shape index (κ2) is 5.06. The Hall–Kier alpha value is -1.87. The van der Waals surface area contributed by atoms with Gasteiger partial charge in [0, 0.05) is 22.2 Å². The van der Waals surface area contributed by atoms with Crippen LogP contribution in [0.5, 0.6) is 0 Å². The summed E-state index contributed by atoms with van der Waals surface area (Å²) in [7, 11) is 0. The van der Waals surface area contributed by atoms with Crippen LogP contribution < -0.4 is 0 Å². The van der Waals surface area contributed by atoms with Gasteiger partial charge in [0.2, 0.25) is 0 Å². The topological polar surface area (TPSA) is 82.9 Å². The molecule has 5 nitrogen and oxygen atoms in total. The van der Waals surface area contributed by atoms with E-state index in [9.17, 15) is 9.59 Å². The van der Waals surface area contributed by atoms with Gasteiger partial charge in [-0.05, 0) is 66.7 Å². The third-order valence-electron chi connectivity index (χ3n) is 7.48. The average molecular weight is 325 g/mol. The second-order valence-corrected chi connectivity index (χ2v) is 8.37. The molecule has 4 aliphatic carbocycles. The predicted octanol–water partition coefficient (Wildman–Crippen LogP) is 4.15. The van der Waals surface area contributed by atoms with Crippen molar-refractivity contribution >= 4 is 11.6 Å². The SMILES string of the molecule is C[C@]12C=CC(=O)C=C1[C@@H](N=[N+]=[N-])C[C@@H]1[C@@H]2CC[C@]2(C)C(=O)CC[C@@H]12. The van der Waals surface area contributed by atoms with Gasteiger partial charge in [-0.1, -0.05) is 25.0 Å². The molecule has 0 unspecified atom stereocenters. The summed E-state index contributed by atoms with van der Waals surface area (Å²) < 4.78 is 0. The predicted molar refractivity (Wildman–Crippen MR) is 89.9 cm³/mol. The summed E-state index contributed by atoms with van der Waals surface area (Å²) in [5.74, 6) is 1.57. The summed E-state index contributed by atoms with van der Waals surface area (Å²) in [5, 5.41) is 4.04. The lowest BCUT2D eigenvalue weighted by molar-refractivity contribution is -0.131. The minimum absolute atomic E-state index is 0.0178. The van der Waals surface area contributed by atoms with Gasteiger partial charge in [-0.3, -0.25) is 9.59 Å². The van der Waals surface area contributed by atoms with E-state index in [4.69, 9.17) is 5.53 Å². The van der Waals surface area contributed by atoms with Gasteiger partial charge in [-0.25, -0.2) is 0 Å². The van der Waals surface area contributed by atoms with Crippen LogP contribution in [-0.4, -0.2) is 17.6 Å². The fourth-order valence-electron chi connectivity index (χ4n) is 6.19. The van der Waals surface area contributed by atoms with Crippen LogP contribution in [0.3, 0.4) is 0 Å². The molecule has 0 heterocycles. The monoisotopic (exact) mass is 325 g/mol. The molecule has 3 fully saturated rings. The Labute approximate surface area is 141 Å². The van der Waals surface area contributed by atoms with Gasteiger partial charge >= 0.3 is 0 Å². The van der Waals surface area contributed by atoms with E-state index in [1.54, 1.807) is 12.2 Å². The molecule has 0 aromatic rings. The van der Waals surface area contributed by atoms with Crippen molar-refractivity contribution in [1.82, 2.24) is 0 Å². The molecule has 0 aliphatic heterocycles. The molecular formula is C19H23N3O2. The molecule has 3 saturated carbocycles. The summed E-state index contributed by atoms with van der Waals surface area (Å²) in [6.45, 7) is 4.32. The molecule has 0 N–H and O–H groups in total. The van der Waals surface area contributed by atoms with Crippen LogP contribution in [-0.2, 0) is 9.59 Å². The number of azide groups is 1. The van der Waals surface area contributed by atoms with Crippen molar-refractivity contribution < 1.29 is 9.59 Å². The molecule has 5 heteroatoms. The lowest BCUT2D eigenvalue weighted by atomic mass is 9.47. The summed E-state index contributed by atoms with van der Waals surface area (Å²) in [4.78, 5) is 27.4. The number of Topliss-reactive ketones (excluding diaryl/α,β-unsaturated/α-hetero) is 1. The molecule has 0 amide bonds. The van der Waals surface area contributed by atoms with Gasteiger partial charge in [-0.15, -0.1) is 0 Å². The molecule has 0 aromatic heterocycles. The van der Waals surface area contributed by atoms with Crippen LogP contribution >= 0.6 is 0 Å². The molecule has 0 spiro atoms. The second-order valence-electron chi connectivity index (χ2n) is 8.37. The lowest BCUT2D eigenvalue weighted by Crippen LogP contribution is -2.52. The molecule has 0 aromatic carbocycles. The van der Waals surface area contributed by atoms with Crippen LogP contribution in [0.25, 0.3) is 10.4 Å². The van der Waals surface area contributed by atoms with Crippen molar-refractivity contribution in [3.8, 4) is 0 Å². The van der Waals surface area contributed by atoms with Crippen molar-refractivity contribution in [1.29, 1.82) is 0 Å². The van der Waals surface area contributed by atoms with Crippen LogP contribution in [0.2, 0.25) is 0 Å². The molecular weight excluding hydrogens is 302 g/mol. The quantitative estimate of drug-likeness (QED) is 0.412. The molecule has 4 rings (SSSR count). The van der Waals surface area contributed by atoms with Crippen molar-refractivity contribution in [3.63, 3.8) is 0 Å². The number of hydrogen-bond donors (Lipinski definition) is 0. The first kappa shape index (κ1) is 15.6. The summed E-state index contributed by atoms with van der Waals surface area (Å²) in [5.41, 5.74) is 9.55. The fourth-order valence-corrected chi connectivity index (χ4v) is 6.19. The highest BCUT2D eigenvalue weighted by molar-refractivity contribution is 6.01. The van der Waals surface area contributed by atoms with Crippen molar-refractivity contribution in [2.45, 2.75) is 52.0 Å². The first-order valence-corrected chi connectivity index (χ1v) is 8.93. The molecule has 0 saturated heterocycles. The van der Waals surface area contributed by atoms with E-state index in [1.165, 1.54) is 0 Å². The number of carbonyl (C=O) groups excluding carboxylic acids is 2. The van der Waals surface area contributed by atoms with Crippen molar-refractivity contribution in [3.05, 3.63) is 34.2 Å². The third-order valence-corrected chi connectivity index (χ3v) is 7.48. The summed E-state index contributed by atoms with van der Waals surface area (Å²) in [6.07, 6.45) is 9.72. The van der Waals surface area contributed by atoms with Gasteiger partial charge in [-0.2, -0.15) is 0 Å². The van der Waals surface area contributed by atoms with Crippen molar-refractivity contribution in [2.24, 2.45) is 33.7 Å². The highest BCUT2D eigenvalue weighted by atomic mass is 16.1. The number of carbonyl (C=O) groups is 2. The largest absolute Gasteiger partial charge is 0.299 e. The maximum Gasteiger partial charge on any atom is 0.178 e. The Kier molecular flexibility index (Phi) is 3.30. The van der Waals surface area contributed by atoms with Crippen LogP contribution in [0.1, 0.15) is 46.0 Å². The Balaban J connectivity index is 1.80. The third kappa shape index (κ3) is 1.91. The molecule has 24 heavy (non-hydrogen) atoms. The maximum absolute atomic E-state index is 12.5. The smallest absolute Gasteiger partial charge is 0.178 e. The minimum atomic E-state index is -0.270. The number of ketones is 2. The fraction of sp³-hybridized carbons (Fsp3) is 0.684. The molecule has 126 valence electrons. The minimum Gasteiger partial charge on any atom is -0.299 e. The first-order chi connectivity index (χ1) is 11.4. The molecule has 0 radical (unpaired) electrons. The number of nitrogens with zero attached hydrogens (tertiary/aromatic N) is 3. The first-order valence-electron chi connectivity index (χ1n) is 8.93. The Morgan fingerprint density at radius 1 is 1.25 bits per heavy atom. The standard InChI is InChI=1S/C19H23N3O2/c1-18-7-5-11(23)9-15(18)16(21-22-20)10-12-13-3-4-17(24)19(13,2)8-6-14(12)18/h5,7,9,12-14,16H,3-4,6,8,10H2,1-2H3/t12-,13-,14-,16-,18+,19-/m0/s1. The van der Waals surface area contributed by atoms with Crippen molar-refractivity contribution in [2.75, 3.05) is 0 Å². The normalized spacial score (nSPS) is 46.5. The van der Waals surface area contributed by atoms with E-state index in [2.05, 4.69) is 23.9 Å². The van der Waals surface area contributed by atoms with Gasteiger partial charge in [0.15, 0.2) is 5.78 Å². The zero-order valence-corrected chi connectivity index (χ0v) is 14.2. The number of fused-ring (bicyclic) bond motifs is 5. The summed E-state index contributed by atoms with van der Waals surface area (Å²) >= 11 is 0. The van der Waals surface area contributed by atoms with Gasteiger partial charge in [0.25, 0.3) is 0 Å². The number of allylic oxidation sites excluding steroid dienone is 3. The average Bonchev–Trinajstić information content (AvgIpc) is 2.85. The Bertz CT molecular complexity index is 733. The Morgan fingerprint density at radius 2 is 2.04 bits per heavy atom. The lowest BCUT2D eigenvalue weighted by Gasteiger charge is -2.57. The van der Waals surface area contributed by atoms with E-state index in [0.717, 1.165) is 31.3 Å². The number of hydrogen-bond acceptors (Lipinski definition) is 3. The van der Waals surface area contributed by atoms with E-state index < -0.39 is 0 Å². The highest BCUT2D eigenvalue weighted by Crippen LogP contribution is 2.63. The molecule has 0 bridgehead atoms. The molecule has 4 aliphatic rings. The van der Waals surface area contributed by atoms with Crippen LogP contribution in [0.4, 0.5) is 0 Å².